The van der Waals surface area contributed by atoms with Gasteiger partial charge >= 0.3 is 6.48 Å². The van der Waals surface area contributed by atoms with E-state index >= 15 is 0 Å². The lowest BCUT2D eigenvalue weighted by Crippen LogP contribution is -2.21. The largest absolute Gasteiger partial charge is 0.440 e. The van der Waals surface area contributed by atoms with Gasteiger partial charge in [0.2, 0.25) is 0 Å². The summed E-state index contributed by atoms with van der Waals surface area (Å²) in [5.41, 5.74) is 0.511. The Labute approximate surface area is 88.8 Å². The van der Waals surface area contributed by atoms with E-state index < -0.39 is 6.48 Å². The molecule has 0 heterocycles. The second-order valence-corrected chi connectivity index (χ2v) is 2.93. The zero-order valence-corrected chi connectivity index (χ0v) is 9.02. The molecule has 0 aromatic heterocycles. The minimum absolute atomic E-state index is 0.0587. The highest BCUT2D eigenvalue weighted by atomic mass is 16.8. The molecule has 0 radical (unpaired) electrons. The Balaban J connectivity index is 2.88. The predicted molar refractivity (Wildman–Crippen MR) is 54.9 cm³/mol. The molecule has 0 fully saturated rings. The maximum Gasteiger partial charge on any atom is 0.315 e. The van der Waals surface area contributed by atoms with Gasteiger partial charge in [0.15, 0.2) is 5.78 Å². The SMILES string of the molecule is COC(OC)Oc1ccccc1C(C)=O. The van der Waals surface area contributed by atoms with Crippen LogP contribution in [-0.4, -0.2) is 26.5 Å². The molecule has 82 valence electrons. The van der Waals surface area contributed by atoms with Crippen molar-refractivity contribution in [2.24, 2.45) is 0 Å². The number of ether oxygens (including phenoxy) is 3. The summed E-state index contributed by atoms with van der Waals surface area (Å²) in [6.45, 7) is 0.682. The molecule has 0 aliphatic carbocycles. The van der Waals surface area contributed by atoms with E-state index in [9.17, 15) is 4.79 Å². The van der Waals surface area contributed by atoms with Gasteiger partial charge in [-0.05, 0) is 19.1 Å². The number of hydrogen-bond donors (Lipinski definition) is 0. The second kappa shape index (κ2) is 5.48. The van der Waals surface area contributed by atoms with E-state index in [1.807, 2.05) is 0 Å². The van der Waals surface area contributed by atoms with Gasteiger partial charge in [0.25, 0.3) is 0 Å². The fourth-order valence-corrected chi connectivity index (χ4v) is 1.16. The molecular weight excluding hydrogens is 196 g/mol. The molecule has 1 aromatic carbocycles. The van der Waals surface area contributed by atoms with Crippen LogP contribution in [0, 0.1) is 0 Å². The maximum atomic E-state index is 11.3. The highest BCUT2D eigenvalue weighted by molar-refractivity contribution is 5.96. The maximum absolute atomic E-state index is 11.3. The summed E-state index contributed by atoms with van der Waals surface area (Å²) >= 11 is 0. The van der Waals surface area contributed by atoms with Gasteiger partial charge < -0.3 is 14.2 Å². The van der Waals surface area contributed by atoms with Gasteiger partial charge in [0.1, 0.15) is 5.75 Å². The highest BCUT2D eigenvalue weighted by Crippen LogP contribution is 2.19. The third-order valence-electron chi connectivity index (χ3n) is 1.87. The summed E-state index contributed by atoms with van der Waals surface area (Å²) in [4.78, 5) is 11.3. The number of Topliss-reactive ketones (excluding diaryl/α,β-unsaturated/α-hetero) is 1. The van der Waals surface area contributed by atoms with Crippen molar-refractivity contribution >= 4 is 5.78 Å². The molecule has 4 nitrogen and oxygen atoms in total. The Morgan fingerprint density at radius 1 is 1.20 bits per heavy atom. The Morgan fingerprint density at radius 3 is 2.33 bits per heavy atom. The smallest absolute Gasteiger partial charge is 0.315 e. The summed E-state index contributed by atoms with van der Waals surface area (Å²) in [6, 6.07) is 6.95. The highest BCUT2D eigenvalue weighted by Gasteiger charge is 2.12. The summed E-state index contributed by atoms with van der Waals surface area (Å²) in [7, 11) is 2.93. The van der Waals surface area contributed by atoms with Crippen molar-refractivity contribution in [3.8, 4) is 5.75 Å². The van der Waals surface area contributed by atoms with Gasteiger partial charge in [-0.2, -0.15) is 0 Å². The molecule has 0 spiro atoms. The fraction of sp³-hybridized carbons (Fsp3) is 0.364. The molecule has 4 heteroatoms. The molecule has 1 rings (SSSR count). The standard InChI is InChI=1S/C11H14O4/c1-8(12)9-6-4-5-7-10(9)15-11(13-2)14-3/h4-7,11H,1-3H3. The zero-order chi connectivity index (χ0) is 11.3. The Hall–Kier alpha value is -1.39. The molecule has 15 heavy (non-hydrogen) atoms. The topological polar surface area (TPSA) is 44.8 Å². The number of ketones is 1. The average Bonchev–Trinajstić information content (AvgIpc) is 2.26. The molecule has 0 saturated heterocycles. The van der Waals surface area contributed by atoms with Crippen LogP contribution in [-0.2, 0) is 9.47 Å². The van der Waals surface area contributed by atoms with E-state index in [1.165, 1.54) is 21.1 Å². The van der Waals surface area contributed by atoms with Crippen molar-refractivity contribution in [3.63, 3.8) is 0 Å². The van der Waals surface area contributed by atoms with Crippen molar-refractivity contribution in [1.82, 2.24) is 0 Å². The van der Waals surface area contributed by atoms with E-state index in [0.717, 1.165) is 0 Å². The summed E-state index contributed by atoms with van der Waals surface area (Å²) in [5.74, 6) is 0.398. The van der Waals surface area contributed by atoms with Crippen molar-refractivity contribution in [2.75, 3.05) is 14.2 Å². The van der Waals surface area contributed by atoms with Crippen LogP contribution in [0.3, 0.4) is 0 Å². The Morgan fingerprint density at radius 2 is 1.80 bits per heavy atom. The summed E-state index contributed by atoms with van der Waals surface area (Å²) in [6.07, 6.45) is 0. The first-order chi connectivity index (χ1) is 7.19. The fourth-order valence-electron chi connectivity index (χ4n) is 1.16. The molecule has 0 atom stereocenters. The van der Waals surface area contributed by atoms with Crippen LogP contribution in [0.1, 0.15) is 17.3 Å². The first kappa shape index (κ1) is 11.7. The van der Waals surface area contributed by atoms with Gasteiger partial charge in [-0.3, -0.25) is 4.79 Å². The van der Waals surface area contributed by atoms with Crippen molar-refractivity contribution in [2.45, 2.75) is 13.4 Å². The van der Waals surface area contributed by atoms with Crippen LogP contribution in [0.25, 0.3) is 0 Å². The third kappa shape index (κ3) is 3.04. The van der Waals surface area contributed by atoms with Crippen LogP contribution in [0.2, 0.25) is 0 Å². The molecule has 0 aliphatic rings. The lowest BCUT2D eigenvalue weighted by atomic mass is 10.1. The third-order valence-corrected chi connectivity index (χ3v) is 1.87. The normalized spacial score (nSPS) is 10.4. The quantitative estimate of drug-likeness (QED) is 0.549. The summed E-state index contributed by atoms with van der Waals surface area (Å²) in [5, 5.41) is 0. The molecule has 0 saturated carbocycles. The number of hydrogen-bond acceptors (Lipinski definition) is 4. The lowest BCUT2D eigenvalue weighted by Gasteiger charge is -2.16. The minimum Gasteiger partial charge on any atom is -0.440 e. The van der Waals surface area contributed by atoms with Gasteiger partial charge in [-0.25, -0.2) is 0 Å². The lowest BCUT2D eigenvalue weighted by molar-refractivity contribution is -0.219. The van der Waals surface area contributed by atoms with Gasteiger partial charge in [0, 0.05) is 14.2 Å². The van der Waals surface area contributed by atoms with Crippen molar-refractivity contribution < 1.29 is 19.0 Å². The number of benzene rings is 1. The Kier molecular flexibility index (Phi) is 4.27. The molecule has 0 amide bonds. The Bertz CT molecular complexity index is 331. The van der Waals surface area contributed by atoms with E-state index in [-0.39, 0.29) is 5.78 Å². The van der Waals surface area contributed by atoms with Gasteiger partial charge in [-0.1, -0.05) is 12.1 Å². The van der Waals surface area contributed by atoms with Gasteiger partial charge in [-0.15, -0.1) is 0 Å². The molecule has 0 unspecified atom stereocenters. The molecular formula is C11H14O4. The molecule has 0 N–H and O–H groups in total. The van der Waals surface area contributed by atoms with Crippen LogP contribution >= 0.6 is 0 Å². The van der Waals surface area contributed by atoms with E-state index in [1.54, 1.807) is 24.3 Å². The first-order valence-corrected chi connectivity index (χ1v) is 4.51. The molecule has 0 bridgehead atoms. The minimum atomic E-state index is -0.800. The number of para-hydroxylation sites is 1. The number of carbonyl (C=O) groups excluding carboxylic acids is 1. The zero-order valence-electron chi connectivity index (χ0n) is 9.02. The van der Waals surface area contributed by atoms with E-state index in [4.69, 9.17) is 14.2 Å². The second-order valence-electron chi connectivity index (χ2n) is 2.93. The van der Waals surface area contributed by atoms with Crippen molar-refractivity contribution in [3.05, 3.63) is 29.8 Å². The molecule has 1 aromatic rings. The molecule has 0 aliphatic heterocycles. The number of rotatable bonds is 5. The number of carbonyl (C=O) groups is 1. The van der Waals surface area contributed by atoms with Crippen LogP contribution in [0.5, 0.6) is 5.75 Å². The number of methoxy groups -OCH3 is 2. The van der Waals surface area contributed by atoms with E-state index in [0.29, 0.717) is 11.3 Å². The summed E-state index contributed by atoms with van der Waals surface area (Å²) < 4.78 is 15.1. The first-order valence-electron chi connectivity index (χ1n) is 4.51. The van der Waals surface area contributed by atoms with Crippen molar-refractivity contribution in [1.29, 1.82) is 0 Å². The van der Waals surface area contributed by atoms with Crippen LogP contribution in [0.15, 0.2) is 24.3 Å². The predicted octanol–water partition coefficient (Wildman–Crippen LogP) is 1.84. The van der Waals surface area contributed by atoms with E-state index in [2.05, 4.69) is 0 Å². The monoisotopic (exact) mass is 210 g/mol. The average molecular weight is 210 g/mol. The van der Waals surface area contributed by atoms with Gasteiger partial charge in [0.05, 0.1) is 5.56 Å². The van der Waals surface area contributed by atoms with Crippen LogP contribution in [0.4, 0.5) is 0 Å². The van der Waals surface area contributed by atoms with Crippen LogP contribution < -0.4 is 4.74 Å².